The minimum atomic E-state index is 0.122. The number of furan rings is 2. The molecule has 0 unspecified atom stereocenters. The summed E-state index contributed by atoms with van der Waals surface area (Å²) in [5.74, 6) is 0.122. The molecule has 4 heteroatoms. The maximum atomic E-state index is 9.84. The summed E-state index contributed by atoms with van der Waals surface area (Å²) in [5, 5.41) is 11.3. The second-order valence-electron chi connectivity index (χ2n) is 2.99. The van der Waals surface area contributed by atoms with Crippen LogP contribution >= 0.6 is 15.9 Å². The first-order valence-electron chi connectivity index (χ1n) is 4.04. The predicted molar refractivity (Wildman–Crippen MR) is 55.4 cm³/mol. The van der Waals surface area contributed by atoms with Crippen LogP contribution in [0.25, 0.3) is 21.9 Å². The van der Waals surface area contributed by atoms with E-state index in [1.54, 1.807) is 12.1 Å². The Labute approximate surface area is 87.0 Å². The molecule has 0 fully saturated rings. The Morgan fingerprint density at radius 1 is 1.00 bits per heavy atom. The van der Waals surface area contributed by atoms with Crippen molar-refractivity contribution in [3.05, 3.63) is 29.1 Å². The molecule has 3 nitrogen and oxygen atoms in total. The maximum Gasteiger partial charge on any atom is 0.177 e. The summed E-state index contributed by atoms with van der Waals surface area (Å²) in [6, 6.07) is 3.48. The van der Waals surface area contributed by atoms with Gasteiger partial charge in [0, 0.05) is 5.39 Å². The first kappa shape index (κ1) is 7.94. The van der Waals surface area contributed by atoms with Gasteiger partial charge in [0.25, 0.3) is 0 Å². The van der Waals surface area contributed by atoms with Crippen molar-refractivity contribution in [1.29, 1.82) is 0 Å². The van der Waals surface area contributed by atoms with E-state index in [9.17, 15) is 5.11 Å². The Hall–Kier alpha value is -1.42. The molecule has 0 saturated carbocycles. The Bertz CT molecular complexity index is 518. The summed E-state index contributed by atoms with van der Waals surface area (Å²) in [6.07, 6.45) is 3.07. The second kappa shape index (κ2) is 2.54. The van der Waals surface area contributed by atoms with Crippen LogP contribution in [0.5, 0.6) is 5.75 Å². The van der Waals surface area contributed by atoms with E-state index in [2.05, 4.69) is 15.9 Å². The Morgan fingerprint density at radius 2 is 1.64 bits per heavy atom. The van der Waals surface area contributed by atoms with Crippen LogP contribution in [0.4, 0.5) is 0 Å². The Kier molecular flexibility index (Phi) is 1.44. The summed E-state index contributed by atoms with van der Waals surface area (Å²) in [7, 11) is 0. The number of benzene rings is 1. The summed E-state index contributed by atoms with van der Waals surface area (Å²) in [6.45, 7) is 0. The van der Waals surface area contributed by atoms with Gasteiger partial charge in [-0.3, -0.25) is 0 Å². The molecule has 1 aromatic carbocycles. The topological polar surface area (TPSA) is 46.5 Å². The summed E-state index contributed by atoms with van der Waals surface area (Å²) >= 11 is 3.41. The average molecular weight is 253 g/mol. The fourth-order valence-corrected chi connectivity index (χ4v) is 2.20. The number of phenolic OH excluding ortho intramolecular Hbond substituents is 1. The van der Waals surface area contributed by atoms with Crippen molar-refractivity contribution < 1.29 is 13.9 Å². The van der Waals surface area contributed by atoms with Gasteiger partial charge in [-0.05, 0) is 28.1 Å². The molecular formula is C10H5BrO3. The first-order valence-corrected chi connectivity index (χ1v) is 4.83. The van der Waals surface area contributed by atoms with Gasteiger partial charge in [-0.25, -0.2) is 0 Å². The molecule has 0 saturated heterocycles. The molecule has 0 bridgehead atoms. The molecule has 1 N–H and O–H groups in total. The van der Waals surface area contributed by atoms with Crippen molar-refractivity contribution in [3.63, 3.8) is 0 Å². The first-order chi connectivity index (χ1) is 6.79. The zero-order valence-corrected chi connectivity index (χ0v) is 8.54. The standard InChI is InChI=1S/C10H5BrO3/c11-7-5-1-3-14-10(5)8(12)6-2-4-13-9(6)7/h1-4,12H. The Balaban J connectivity index is 2.72. The zero-order chi connectivity index (χ0) is 9.71. The summed E-state index contributed by atoms with van der Waals surface area (Å²) < 4.78 is 11.2. The van der Waals surface area contributed by atoms with E-state index < -0.39 is 0 Å². The van der Waals surface area contributed by atoms with Crippen LogP contribution in [-0.4, -0.2) is 5.11 Å². The van der Waals surface area contributed by atoms with Gasteiger partial charge in [0.05, 0.1) is 22.4 Å². The van der Waals surface area contributed by atoms with Crippen LogP contribution in [0, 0.1) is 0 Å². The molecule has 3 rings (SSSR count). The highest BCUT2D eigenvalue weighted by Gasteiger charge is 2.15. The predicted octanol–water partition coefficient (Wildman–Crippen LogP) is 3.65. The largest absolute Gasteiger partial charge is 0.504 e. The van der Waals surface area contributed by atoms with Crippen LogP contribution in [0.2, 0.25) is 0 Å². The van der Waals surface area contributed by atoms with Gasteiger partial charge >= 0.3 is 0 Å². The van der Waals surface area contributed by atoms with E-state index in [1.165, 1.54) is 12.5 Å². The quantitative estimate of drug-likeness (QED) is 0.665. The van der Waals surface area contributed by atoms with Crippen LogP contribution in [0.1, 0.15) is 0 Å². The van der Waals surface area contributed by atoms with Gasteiger partial charge in [0.15, 0.2) is 16.9 Å². The van der Waals surface area contributed by atoms with Crippen molar-refractivity contribution in [1.82, 2.24) is 0 Å². The zero-order valence-electron chi connectivity index (χ0n) is 6.95. The molecule has 0 atom stereocenters. The number of rotatable bonds is 0. The van der Waals surface area contributed by atoms with Crippen molar-refractivity contribution in [3.8, 4) is 5.75 Å². The lowest BCUT2D eigenvalue weighted by atomic mass is 10.2. The molecule has 0 spiro atoms. The molecule has 3 aromatic rings. The van der Waals surface area contributed by atoms with Gasteiger partial charge in [0.2, 0.25) is 0 Å². The summed E-state index contributed by atoms with van der Waals surface area (Å²) in [4.78, 5) is 0. The molecule has 0 aliphatic heterocycles. The van der Waals surface area contributed by atoms with E-state index in [4.69, 9.17) is 8.83 Å². The fraction of sp³-hybridized carbons (Fsp3) is 0. The summed E-state index contributed by atoms with van der Waals surface area (Å²) in [5.41, 5.74) is 1.11. The minimum Gasteiger partial charge on any atom is -0.504 e. The number of hydrogen-bond acceptors (Lipinski definition) is 3. The molecule has 0 amide bonds. The normalized spacial score (nSPS) is 11.5. The molecule has 2 aromatic heterocycles. The SMILES string of the molecule is Oc1c2ccoc2c(Br)c2ccoc12. The third-order valence-corrected chi connectivity index (χ3v) is 3.02. The van der Waals surface area contributed by atoms with Crippen LogP contribution < -0.4 is 0 Å². The van der Waals surface area contributed by atoms with E-state index in [-0.39, 0.29) is 5.75 Å². The number of halogens is 1. The molecule has 70 valence electrons. The van der Waals surface area contributed by atoms with E-state index in [0.717, 1.165) is 9.86 Å². The third-order valence-electron chi connectivity index (χ3n) is 2.24. The molecule has 14 heavy (non-hydrogen) atoms. The average Bonchev–Trinajstić information content (AvgIpc) is 2.82. The second-order valence-corrected chi connectivity index (χ2v) is 3.78. The smallest absolute Gasteiger partial charge is 0.177 e. The molecule has 0 aliphatic rings. The highest BCUT2D eigenvalue weighted by atomic mass is 79.9. The van der Waals surface area contributed by atoms with Crippen LogP contribution in [0.3, 0.4) is 0 Å². The van der Waals surface area contributed by atoms with E-state index in [0.29, 0.717) is 16.6 Å². The molecule has 0 radical (unpaired) electrons. The van der Waals surface area contributed by atoms with Crippen molar-refractivity contribution in [2.45, 2.75) is 0 Å². The fourth-order valence-electron chi connectivity index (χ4n) is 1.58. The van der Waals surface area contributed by atoms with Gasteiger partial charge in [-0.2, -0.15) is 0 Å². The van der Waals surface area contributed by atoms with Crippen molar-refractivity contribution in [2.75, 3.05) is 0 Å². The van der Waals surface area contributed by atoms with Crippen molar-refractivity contribution >= 4 is 37.9 Å². The Morgan fingerprint density at radius 3 is 2.43 bits per heavy atom. The number of fused-ring (bicyclic) bond motifs is 2. The molecule has 2 heterocycles. The van der Waals surface area contributed by atoms with Crippen LogP contribution in [-0.2, 0) is 0 Å². The van der Waals surface area contributed by atoms with Crippen molar-refractivity contribution in [2.24, 2.45) is 0 Å². The van der Waals surface area contributed by atoms with Crippen LogP contribution in [0.15, 0.2) is 38.0 Å². The lowest BCUT2D eigenvalue weighted by Crippen LogP contribution is -1.73. The highest BCUT2D eigenvalue weighted by Crippen LogP contribution is 2.41. The highest BCUT2D eigenvalue weighted by molar-refractivity contribution is 9.10. The third kappa shape index (κ3) is 0.812. The van der Waals surface area contributed by atoms with Gasteiger partial charge < -0.3 is 13.9 Å². The van der Waals surface area contributed by atoms with Gasteiger partial charge in [-0.1, -0.05) is 0 Å². The monoisotopic (exact) mass is 252 g/mol. The lowest BCUT2D eigenvalue weighted by molar-refractivity contribution is 0.470. The number of phenols is 1. The molecular weight excluding hydrogens is 248 g/mol. The van der Waals surface area contributed by atoms with E-state index in [1.807, 2.05) is 0 Å². The molecule has 0 aliphatic carbocycles. The van der Waals surface area contributed by atoms with Gasteiger partial charge in [0.1, 0.15) is 0 Å². The number of hydrogen-bond donors (Lipinski definition) is 1. The van der Waals surface area contributed by atoms with Gasteiger partial charge in [-0.15, -0.1) is 0 Å². The van der Waals surface area contributed by atoms with E-state index >= 15 is 0 Å². The maximum absolute atomic E-state index is 9.84. The number of aromatic hydroxyl groups is 1. The minimum absolute atomic E-state index is 0.122. The lowest BCUT2D eigenvalue weighted by Gasteiger charge is -1.98.